The second-order valence-electron chi connectivity index (χ2n) is 5.28. The average Bonchev–Trinajstić information content (AvgIpc) is 2.63. The fourth-order valence-electron chi connectivity index (χ4n) is 2.26. The van der Waals surface area contributed by atoms with Crippen LogP contribution < -0.4 is 26.8 Å². The Kier molecular flexibility index (Phi) is 5.92. The van der Waals surface area contributed by atoms with E-state index in [2.05, 4.69) is 0 Å². The molecule has 142 valence electrons. The van der Waals surface area contributed by atoms with Gasteiger partial charge in [-0.05, 0) is 0 Å². The van der Waals surface area contributed by atoms with Crippen LogP contribution in [0.2, 0.25) is 10.0 Å². The van der Waals surface area contributed by atoms with Crippen LogP contribution in [0.25, 0.3) is 11.0 Å². The van der Waals surface area contributed by atoms with Crippen LogP contribution >= 0.6 is 23.2 Å². The second kappa shape index (κ2) is 7.88. The zero-order valence-electron chi connectivity index (χ0n) is 13.2. The van der Waals surface area contributed by atoms with E-state index < -0.39 is 45.7 Å². The molecule has 2 aromatic carbocycles. The van der Waals surface area contributed by atoms with Crippen molar-refractivity contribution in [2.75, 3.05) is 0 Å². The summed E-state index contributed by atoms with van der Waals surface area (Å²) in [6.07, 6.45) is 0.447. The van der Waals surface area contributed by atoms with Crippen LogP contribution in [0, 0.1) is 3.57 Å². The van der Waals surface area contributed by atoms with Gasteiger partial charge in [0.1, 0.15) is 0 Å². The van der Waals surface area contributed by atoms with E-state index >= 15 is 0 Å². The van der Waals surface area contributed by atoms with Crippen LogP contribution in [-0.4, -0.2) is 23.9 Å². The van der Waals surface area contributed by atoms with E-state index in [-0.39, 0.29) is 20.5 Å². The molecule has 0 radical (unpaired) electrons. The quantitative estimate of drug-likeness (QED) is 0.207. The van der Waals surface area contributed by atoms with Gasteiger partial charge < -0.3 is 0 Å². The molecule has 0 aliphatic rings. The number of aldehydes is 1. The molecule has 1 atom stereocenters. The van der Waals surface area contributed by atoms with Crippen LogP contribution in [0.1, 0.15) is 0 Å². The fourth-order valence-corrected chi connectivity index (χ4v) is 5.72. The summed E-state index contributed by atoms with van der Waals surface area (Å²) in [5.41, 5.74) is -0.814. The number of alkyl halides is 1. The topological polar surface area (TPSA) is 102 Å². The first-order chi connectivity index (χ1) is 12.7. The summed E-state index contributed by atoms with van der Waals surface area (Å²) >= 11 is 10.7. The Morgan fingerprint density at radius 3 is 2.48 bits per heavy atom. The van der Waals surface area contributed by atoms with Crippen molar-refractivity contribution in [3.05, 3.63) is 66.5 Å². The molecular formula is C17H10Cl2IO6S-. The van der Waals surface area contributed by atoms with E-state index in [1.807, 2.05) is 0 Å². The van der Waals surface area contributed by atoms with Crippen LogP contribution in [0.5, 0.6) is 0 Å². The summed E-state index contributed by atoms with van der Waals surface area (Å²) in [7, 11) is -4.19. The number of hydrogen-bond acceptors (Lipinski definition) is 6. The first-order valence-corrected chi connectivity index (χ1v) is 11.8. The van der Waals surface area contributed by atoms with Gasteiger partial charge in [0, 0.05) is 0 Å². The number of aliphatic hydroxyl groups is 1. The van der Waals surface area contributed by atoms with Crippen molar-refractivity contribution in [3.63, 3.8) is 0 Å². The van der Waals surface area contributed by atoms with Gasteiger partial charge in [-0.2, -0.15) is 0 Å². The molecule has 3 aromatic rings. The summed E-state index contributed by atoms with van der Waals surface area (Å²) < 4.78 is 30.4. The maximum atomic E-state index is 12.8. The molecule has 0 saturated heterocycles. The number of carbonyl (C=O) groups excluding carboxylic acids is 1. The average molecular weight is 540 g/mol. The maximum absolute atomic E-state index is 12.8. The van der Waals surface area contributed by atoms with Crippen molar-refractivity contribution in [1.82, 2.24) is 0 Å². The minimum atomic E-state index is -4.19. The molecule has 0 spiro atoms. The molecule has 0 amide bonds. The molecule has 0 aliphatic heterocycles. The number of halogens is 3. The summed E-state index contributed by atoms with van der Waals surface area (Å²) in [4.78, 5) is 22.1. The second-order valence-corrected chi connectivity index (χ2v) is 11.2. The number of fused-ring (bicyclic) bond motifs is 1. The molecule has 3 rings (SSSR count). The standard InChI is InChI=1S/C17H10Cl2IO6S/c18-12-3-2-11(7-13(12)19)27(24,25)15-6-9-5-10(20-16(22)8-21)1-4-14(9)26-17(15)23/h1-8,16,22H/q-1. The summed E-state index contributed by atoms with van der Waals surface area (Å²) in [6.45, 7) is 0. The van der Waals surface area contributed by atoms with Gasteiger partial charge in [-0.15, -0.1) is 0 Å². The van der Waals surface area contributed by atoms with E-state index in [9.17, 15) is 23.1 Å². The van der Waals surface area contributed by atoms with E-state index in [4.69, 9.17) is 27.6 Å². The number of rotatable bonds is 5. The third kappa shape index (κ3) is 4.19. The molecule has 0 bridgehead atoms. The van der Waals surface area contributed by atoms with Crippen molar-refractivity contribution >= 4 is 50.3 Å². The molecule has 6 nitrogen and oxygen atoms in total. The van der Waals surface area contributed by atoms with Crippen LogP contribution in [-0.2, 0) is 14.6 Å². The number of carbonyl (C=O) groups is 1. The SMILES string of the molecule is O=CC(O)[I-]c1ccc2oc(=O)c(S(=O)(=O)c3ccc(Cl)c(Cl)c3)cc2c1. The molecule has 1 heterocycles. The fraction of sp³-hybridized carbons (Fsp3) is 0.0588. The zero-order valence-corrected chi connectivity index (χ0v) is 17.7. The Labute approximate surface area is 173 Å². The van der Waals surface area contributed by atoms with E-state index in [1.54, 1.807) is 12.1 Å². The van der Waals surface area contributed by atoms with Gasteiger partial charge in [0.2, 0.25) is 0 Å². The van der Waals surface area contributed by atoms with Crippen molar-refractivity contribution in [2.45, 2.75) is 13.9 Å². The zero-order chi connectivity index (χ0) is 19.8. The Hall–Kier alpha value is -1.46. The number of sulfone groups is 1. The van der Waals surface area contributed by atoms with Gasteiger partial charge in [-0.1, -0.05) is 0 Å². The van der Waals surface area contributed by atoms with Gasteiger partial charge >= 0.3 is 175 Å². The van der Waals surface area contributed by atoms with Crippen LogP contribution in [0.15, 0.2) is 61.5 Å². The molecule has 27 heavy (non-hydrogen) atoms. The molecule has 10 heteroatoms. The molecule has 1 unspecified atom stereocenters. The van der Waals surface area contributed by atoms with Gasteiger partial charge in [0.25, 0.3) is 0 Å². The van der Waals surface area contributed by atoms with Crippen LogP contribution in [0.4, 0.5) is 0 Å². The Bertz CT molecular complexity index is 1210. The molecular weight excluding hydrogens is 530 g/mol. The number of aliphatic hydroxyl groups excluding tert-OH is 1. The minimum absolute atomic E-state index is 0.0396. The normalized spacial score (nSPS) is 13.0. The summed E-state index contributed by atoms with van der Waals surface area (Å²) in [5.74, 6) is 0. The number of hydrogen-bond donors (Lipinski definition) is 1. The number of benzene rings is 2. The first-order valence-electron chi connectivity index (χ1n) is 7.27. The summed E-state index contributed by atoms with van der Waals surface area (Å²) in [5, 5.41) is 10.1. The molecule has 0 aliphatic carbocycles. The Morgan fingerprint density at radius 1 is 1.07 bits per heavy atom. The summed E-state index contributed by atoms with van der Waals surface area (Å²) in [6, 6.07) is 9.65. The molecule has 0 fully saturated rings. The monoisotopic (exact) mass is 539 g/mol. The predicted octanol–water partition coefficient (Wildman–Crippen LogP) is -0.292. The van der Waals surface area contributed by atoms with Crippen molar-refractivity contribution in [2.24, 2.45) is 0 Å². The van der Waals surface area contributed by atoms with Crippen molar-refractivity contribution in [3.8, 4) is 0 Å². The van der Waals surface area contributed by atoms with Gasteiger partial charge in [-0.3, -0.25) is 0 Å². The van der Waals surface area contributed by atoms with Crippen molar-refractivity contribution in [1.29, 1.82) is 0 Å². The van der Waals surface area contributed by atoms with Gasteiger partial charge in [-0.25, -0.2) is 0 Å². The molecule has 1 aromatic heterocycles. The van der Waals surface area contributed by atoms with Crippen LogP contribution in [0.3, 0.4) is 0 Å². The Morgan fingerprint density at radius 2 is 1.81 bits per heavy atom. The van der Waals surface area contributed by atoms with E-state index in [0.717, 1.165) is 6.07 Å². The van der Waals surface area contributed by atoms with E-state index in [0.29, 0.717) is 15.2 Å². The first kappa shape index (κ1) is 20.3. The Balaban J connectivity index is 2.15. The molecule has 0 saturated carbocycles. The molecule has 1 N–H and O–H groups in total. The predicted molar refractivity (Wildman–Crippen MR) is 95.2 cm³/mol. The third-order valence-electron chi connectivity index (χ3n) is 3.50. The third-order valence-corrected chi connectivity index (χ3v) is 8.30. The van der Waals surface area contributed by atoms with Crippen molar-refractivity contribution < 1.29 is 43.9 Å². The van der Waals surface area contributed by atoms with E-state index in [1.165, 1.54) is 24.3 Å². The van der Waals surface area contributed by atoms with Gasteiger partial charge in [0.05, 0.1) is 0 Å². The van der Waals surface area contributed by atoms with Gasteiger partial charge in [0.15, 0.2) is 0 Å².